The van der Waals surface area contributed by atoms with E-state index in [1.807, 2.05) is 27.0 Å². The SMILES string of the molecule is CSC[C@H](NC(=O)OC(C)(C)C)c1nc(C)no1. The molecule has 0 bridgehead atoms. The van der Waals surface area contributed by atoms with E-state index in [1.165, 1.54) is 0 Å². The number of ether oxygens (including phenoxy) is 1. The van der Waals surface area contributed by atoms with Crippen molar-refractivity contribution >= 4 is 17.9 Å². The Morgan fingerprint density at radius 3 is 2.67 bits per heavy atom. The topological polar surface area (TPSA) is 77.2 Å². The molecule has 1 N–H and O–H groups in total. The summed E-state index contributed by atoms with van der Waals surface area (Å²) < 4.78 is 10.3. The summed E-state index contributed by atoms with van der Waals surface area (Å²) >= 11 is 1.58. The predicted molar refractivity (Wildman–Crippen MR) is 69.5 cm³/mol. The van der Waals surface area contributed by atoms with Crippen molar-refractivity contribution in [3.63, 3.8) is 0 Å². The fraction of sp³-hybridized carbons (Fsp3) is 0.727. The number of hydrogen-bond donors (Lipinski definition) is 1. The van der Waals surface area contributed by atoms with Crippen LogP contribution < -0.4 is 5.32 Å². The van der Waals surface area contributed by atoms with Crippen molar-refractivity contribution in [2.24, 2.45) is 0 Å². The minimum Gasteiger partial charge on any atom is -0.444 e. The number of thioether (sulfide) groups is 1. The molecule has 0 radical (unpaired) electrons. The second kappa shape index (κ2) is 6.08. The second-order valence-electron chi connectivity index (χ2n) is 4.83. The van der Waals surface area contributed by atoms with Gasteiger partial charge in [0.1, 0.15) is 11.6 Å². The first-order valence-corrected chi connectivity index (χ1v) is 7.00. The molecule has 1 heterocycles. The van der Waals surface area contributed by atoms with Crippen LogP contribution in [0.25, 0.3) is 0 Å². The van der Waals surface area contributed by atoms with Crippen molar-refractivity contribution in [1.82, 2.24) is 15.5 Å². The van der Waals surface area contributed by atoms with Gasteiger partial charge in [-0.2, -0.15) is 16.7 Å². The summed E-state index contributed by atoms with van der Waals surface area (Å²) in [6.45, 7) is 7.17. The number of alkyl carbamates (subject to hydrolysis) is 1. The zero-order valence-corrected chi connectivity index (χ0v) is 12.1. The molecule has 102 valence electrons. The van der Waals surface area contributed by atoms with Gasteiger partial charge in [0, 0.05) is 5.75 Å². The maximum absolute atomic E-state index is 11.7. The van der Waals surface area contributed by atoms with E-state index in [0.29, 0.717) is 17.5 Å². The second-order valence-corrected chi connectivity index (χ2v) is 5.74. The van der Waals surface area contributed by atoms with Crippen molar-refractivity contribution in [1.29, 1.82) is 0 Å². The number of amides is 1. The molecule has 0 saturated heterocycles. The first-order valence-electron chi connectivity index (χ1n) is 5.60. The Bertz CT molecular complexity index is 400. The largest absolute Gasteiger partial charge is 0.444 e. The molecule has 0 unspecified atom stereocenters. The Labute approximate surface area is 111 Å². The lowest BCUT2D eigenvalue weighted by molar-refractivity contribution is 0.0500. The number of aryl methyl sites for hydroxylation is 1. The van der Waals surface area contributed by atoms with Gasteiger partial charge in [-0.1, -0.05) is 5.16 Å². The molecule has 7 heteroatoms. The maximum atomic E-state index is 11.7. The highest BCUT2D eigenvalue weighted by atomic mass is 32.2. The molecule has 1 rings (SSSR count). The van der Waals surface area contributed by atoms with Crippen LogP contribution in [-0.2, 0) is 4.74 Å². The van der Waals surface area contributed by atoms with E-state index in [2.05, 4.69) is 15.5 Å². The van der Waals surface area contributed by atoms with Gasteiger partial charge in [0.2, 0.25) is 5.89 Å². The van der Waals surface area contributed by atoms with Crippen LogP contribution in [0.2, 0.25) is 0 Å². The van der Waals surface area contributed by atoms with Gasteiger partial charge in [0.25, 0.3) is 0 Å². The summed E-state index contributed by atoms with van der Waals surface area (Å²) in [6, 6.07) is -0.337. The molecule has 6 nitrogen and oxygen atoms in total. The summed E-state index contributed by atoms with van der Waals surface area (Å²) in [6.07, 6.45) is 1.45. The molecule has 0 saturated carbocycles. The summed E-state index contributed by atoms with van der Waals surface area (Å²) in [5.74, 6) is 1.58. The molecule has 18 heavy (non-hydrogen) atoms. The average Bonchev–Trinajstić information content (AvgIpc) is 2.61. The third kappa shape index (κ3) is 4.95. The average molecular weight is 273 g/mol. The van der Waals surface area contributed by atoms with Crippen molar-refractivity contribution in [3.05, 3.63) is 11.7 Å². The van der Waals surface area contributed by atoms with Crippen molar-refractivity contribution < 1.29 is 14.1 Å². The van der Waals surface area contributed by atoms with E-state index in [1.54, 1.807) is 18.7 Å². The van der Waals surface area contributed by atoms with Gasteiger partial charge in [0.15, 0.2) is 5.82 Å². The number of carbonyl (C=O) groups excluding carboxylic acids is 1. The number of carbonyl (C=O) groups is 1. The Balaban J connectivity index is 2.66. The van der Waals surface area contributed by atoms with Crippen LogP contribution >= 0.6 is 11.8 Å². The molecule has 0 spiro atoms. The van der Waals surface area contributed by atoms with Gasteiger partial charge in [-0.05, 0) is 34.0 Å². The molecule has 1 atom stereocenters. The van der Waals surface area contributed by atoms with Crippen molar-refractivity contribution in [3.8, 4) is 0 Å². The van der Waals surface area contributed by atoms with Crippen LogP contribution in [0.1, 0.15) is 38.5 Å². The van der Waals surface area contributed by atoms with Gasteiger partial charge < -0.3 is 14.6 Å². The van der Waals surface area contributed by atoms with E-state index < -0.39 is 11.7 Å². The van der Waals surface area contributed by atoms with Crippen LogP contribution in [0.3, 0.4) is 0 Å². The molecular weight excluding hydrogens is 254 g/mol. The zero-order chi connectivity index (χ0) is 13.8. The van der Waals surface area contributed by atoms with E-state index in [4.69, 9.17) is 9.26 Å². The molecule has 0 aliphatic carbocycles. The first kappa shape index (κ1) is 14.8. The zero-order valence-electron chi connectivity index (χ0n) is 11.3. The molecule has 1 aromatic heterocycles. The minimum atomic E-state index is -0.529. The number of hydrogen-bond acceptors (Lipinski definition) is 6. The molecule has 0 aliphatic rings. The van der Waals surface area contributed by atoms with Gasteiger partial charge in [-0.25, -0.2) is 4.79 Å². The highest BCUT2D eigenvalue weighted by Gasteiger charge is 2.23. The Kier molecular flexibility index (Phi) is 5.01. The number of nitrogens with zero attached hydrogens (tertiary/aromatic N) is 2. The van der Waals surface area contributed by atoms with Crippen LogP contribution in [0.4, 0.5) is 4.79 Å². The highest BCUT2D eigenvalue weighted by Crippen LogP contribution is 2.16. The summed E-state index contributed by atoms with van der Waals surface area (Å²) in [7, 11) is 0. The van der Waals surface area contributed by atoms with Gasteiger partial charge in [0.05, 0.1) is 0 Å². The lowest BCUT2D eigenvalue weighted by Crippen LogP contribution is -2.36. The summed E-state index contributed by atoms with van der Waals surface area (Å²) in [5.41, 5.74) is -0.529. The molecule has 0 aliphatic heterocycles. The van der Waals surface area contributed by atoms with E-state index in [9.17, 15) is 4.79 Å². The highest BCUT2D eigenvalue weighted by molar-refractivity contribution is 7.98. The monoisotopic (exact) mass is 273 g/mol. The normalized spacial score (nSPS) is 13.2. The van der Waals surface area contributed by atoms with E-state index in [-0.39, 0.29) is 6.04 Å². The molecule has 0 aromatic carbocycles. The molecule has 1 aromatic rings. The number of aromatic nitrogens is 2. The third-order valence-corrected chi connectivity index (χ3v) is 2.53. The standard InChI is InChI=1S/C11H19N3O3S/c1-7-12-9(17-14-7)8(6-18-5)13-10(15)16-11(2,3)4/h8H,6H2,1-5H3,(H,13,15)/t8-/m0/s1. The van der Waals surface area contributed by atoms with E-state index >= 15 is 0 Å². The van der Waals surface area contributed by atoms with Crippen LogP contribution in [0.15, 0.2) is 4.52 Å². The van der Waals surface area contributed by atoms with Gasteiger partial charge in [-0.15, -0.1) is 0 Å². The predicted octanol–water partition coefficient (Wildman–Crippen LogP) is 2.31. The number of nitrogens with one attached hydrogen (secondary N) is 1. The Morgan fingerprint density at radius 1 is 1.56 bits per heavy atom. The Morgan fingerprint density at radius 2 is 2.22 bits per heavy atom. The Hall–Kier alpha value is -1.24. The van der Waals surface area contributed by atoms with Crippen LogP contribution in [-0.4, -0.2) is 33.8 Å². The molecule has 1 amide bonds. The van der Waals surface area contributed by atoms with Crippen LogP contribution in [0.5, 0.6) is 0 Å². The fourth-order valence-corrected chi connectivity index (χ4v) is 1.81. The van der Waals surface area contributed by atoms with Gasteiger partial charge >= 0.3 is 6.09 Å². The third-order valence-electron chi connectivity index (χ3n) is 1.87. The summed E-state index contributed by atoms with van der Waals surface area (Å²) in [4.78, 5) is 15.8. The maximum Gasteiger partial charge on any atom is 0.408 e. The first-order chi connectivity index (χ1) is 8.31. The van der Waals surface area contributed by atoms with Crippen molar-refractivity contribution in [2.45, 2.75) is 39.3 Å². The lowest BCUT2D eigenvalue weighted by Gasteiger charge is -2.21. The van der Waals surface area contributed by atoms with Crippen LogP contribution in [0, 0.1) is 6.92 Å². The molecular formula is C11H19N3O3S. The lowest BCUT2D eigenvalue weighted by atomic mass is 10.2. The smallest absolute Gasteiger partial charge is 0.408 e. The number of rotatable bonds is 4. The quantitative estimate of drug-likeness (QED) is 0.907. The fourth-order valence-electron chi connectivity index (χ4n) is 1.25. The summed E-state index contributed by atoms with van der Waals surface area (Å²) in [5, 5.41) is 6.44. The minimum absolute atomic E-state index is 0.337. The van der Waals surface area contributed by atoms with E-state index in [0.717, 1.165) is 0 Å². The van der Waals surface area contributed by atoms with Gasteiger partial charge in [-0.3, -0.25) is 0 Å². The van der Waals surface area contributed by atoms with Crippen molar-refractivity contribution in [2.75, 3.05) is 12.0 Å². The molecule has 0 fully saturated rings.